The average Bonchev–Trinajstić information content (AvgIpc) is 2.29. The van der Waals surface area contributed by atoms with Gasteiger partial charge in [-0.15, -0.1) is 0 Å². The zero-order valence-electron chi connectivity index (χ0n) is 10.7. The molecule has 5 nitrogen and oxygen atoms in total. The Morgan fingerprint density at radius 3 is 2.53 bits per heavy atom. The number of amides is 1. The van der Waals surface area contributed by atoms with E-state index in [0.29, 0.717) is 17.8 Å². The highest BCUT2D eigenvalue weighted by Gasteiger charge is 2.22. The summed E-state index contributed by atoms with van der Waals surface area (Å²) < 4.78 is 4.79. The first-order valence-corrected chi connectivity index (χ1v) is 6.34. The summed E-state index contributed by atoms with van der Waals surface area (Å²) in [5.41, 5.74) is 0. The fraction of sp³-hybridized carbons (Fsp3) is 0.818. The molecule has 1 fully saturated rings. The molecule has 0 spiro atoms. The molecule has 1 N–H and O–H groups in total. The van der Waals surface area contributed by atoms with Crippen LogP contribution in [0.2, 0.25) is 0 Å². The van der Waals surface area contributed by atoms with Crippen LogP contribution in [0.1, 0.15) is 19.8 Å². The normalized spacial score (nSPS) is 17.1. The van der Waals surface area contributed by atoms with Crippen molar-refractivity contribution in [3.63, 3.8) is 0 Å². The lowest BCUT2D eigenvalue weighted by atomic mass is 10.0. The van der Waals surface area contributed by atoms with E-state index in [1.165, 1.54) is 0 Å². The number of nitrogens with zero attached hydrogens (tertiary/aromatic N) is 2. The second-order valence-corrected chi connectivity index (χ2v) is 4.72. The minimum Gasteiger partial charge on any atom is -0.450 e. The number of carbonyl (C=O) groups excluding carboxylic acids is 1. The summed E-state index contributed by atoms with van der Waals surface area (Å²) in [6.45, 7) is 3.89. The number of hydrogen-bond donors (Lipinski definition) is 1. The van der Waals surface area contributed by atoms with E-state index in [-0.39, 0.29) is 0 Å². The van der Waals surface area contributed by atoms with Gasteiger partial charge in [-0.1, -0.05) is 0 Å². The minimum atomic E-state index is -0.466. The van der Waals surface area contributed by atoms with E-state index < -0.39 is 6.09 Å². The monoisotopic (exact) mass is 259 g/mol. The number of piperidine rings is 1. The van der Waals surface area contributed by atoms with Crippen LogP contribution in [-0.2, 0) is 4.74 Å². The van der Waals surface area contributed by atoms with Gasteiger partial charge in [-0.05, 0) is 46.1 Å². The van der Waals surface area contributed by atoms with Crippen molar-refractivity contribution in [3.05, 3.63) is 0 Å². The third-order valence-corrected chi connectivity index (χ3v) is 3.33. The van der Waals surface area contributed by atoms with Crippen LogP contribution in [0.15, 0.2) is 0 Å². The number of rotatable bonds is 2. The van der Waals surface area contributed by atoms with Gasteiger partial charge in [0.05, 0.1) is 6.61 Å². The Morgan fingerprint density at radius 2 is 2.06 bits per heavy atom. The van der Waals surface area contributed by atoms with Gasteiger partial charge in [0.25, 0.3) is 0 Å². The van der Waals surface area contributed by atoms with E-state index in [4.69, 9.17) is 17.0 Å². The van der Waals surface area contributed by atoms with E-state index in [0.717, 1.165) is 25.9 Å². The van der Waals surface area contributed by atoms with Crippen LogP contribution in [0.5, 0.6) is 0 Å². The number of thiocarbonyl (C=S) groups is 1. The van der Waals surface area contributed by atoms with Crippen molar-refractivity contribution in [1.29, 1.82) is 0 Å². The third kappa shape index (κ3) is 4.47. The van der Waals surface area contributed by atoms with Gasteiger partial charge in [-0.2, -0.15) is 0 Å². The quantitative estimate of drug-likeness (QED) is 0.751. The lowest BCUT2D eigenvalue weighted by Gasteiger charge is -2.36. The first-order chi connectivity index (χ1) is 8.04. The molecule has 0 aliphatic carbocycles. The smallest absolute Gasteiger partial charge is 0.413 e. The van der Waals surface area contributed by atoms with Crippen molar-refractivity contribution in [3.8, 4) is 0 Å². The molecule has 0 aromatic carbocycles. The second-order valence-electron chi connectivity index (χ2n) is 4.33. The second kappa shape index (κ2) is 6.76. The molecule has 0 aromatic heterocycles. The maximum absolute atomic E-state index is 11.2. The molecule has 1 rings (SSSR count). The Balaban J connectivity index is 2.33. The lowest BCUT2D eigenvalue weighted by Crippen LogP contribution is -2.49. The van der Waals surface area contributed by atoms with Crippen molar-refractivity contribution in [2.45, 2.75) is 25.8 Å². The standard InChI is InChI=1S/C11H21N3O2S/c1-4-16-11(15)12-10(17)14-7-5-9(6-8-14)13(2)3/h9H,4-8H2,1-3H3,(H,12,15,17). The van der Waals surface area contributed by atoms with Crippen LogP contribution >= 0.6 is 12.2 Å². The van der Waals surface area contributed by atoms with Crippen LogP contribution < -0.4 is 5.32 Å². The molecule has 0 aromatic rings. The zero-order chi connectivity index (χ0) is 12.8. The molecule has 1 aliphatic rings. The highest BCUT2D eigenvalue weighted by atomic mass is 32.1. The number of ether oxygens (including phenoxy) is 1. The van der Waals surface area contributed by atoms with E-state index in [1.54, 1.807) is 6.92 Å². The summed E-state index contributed by atoms with van der Waals surface area (Å²) in [4.78, 5) is 15.5. The molecule has 0 unspecified atom stereocenters. The fourth-order valence-corrected chi connectivity index (χ4v) is 2.18. The van der Waals surface area contributed by atoms with Crippen molar-refractivity contribution >= 4 is 23.4 Å². The number of carbonyl (C=O) groups is 1. The Kier molecular flexibility index (Phi) is 5.64. The Hall–Kier alpha value is -0.880. The minimum absolute atomic E-state index is 0.358. The first kappa shape index (κ1) is 14.2. The van der Waals surface area contributed by atoms with Gasteiger partial charge >= 0.3 is 6.09 Å². The molecule has 0 atom stereocenters. The van der Waals surface area contributed by atoms with Gasteiger partial charge in [-0.25, -0.2) is 4.79 Å². The molecule has 1 amide bonds. The molecule has 0 saturated carbocycles. The molecule has 98 valence electrons. The van der Waals surface area contributed by atoms with Crippen molar-refractivity contribution in [2.75, 3.05) is 33.8 Å². The van der Waals surface area contributed by atoms with Crippen LogP contribution in [0.25, 0.3) is 0 Å². The number of nitrogens with one attached hydrogen (secondary N) is 1. The molecule has 6 heteroatoms. The summed E-state index contributed by atoms with van der Waals surface area (Å²) in [5.74, 6) is 0. The van der Waals surface area contributed by atoms with Crippen molar-refractivity contribution in [2.24, 2.45) is 0 Å². The van der Waals surface area contributed by atoms with Crippen molar-refractivity contribution < 1.29 is 9.53 Å². The molecule has 0 bridgehead atoms. The topological polar surface area (TPSA) is 44.8 Å². The summed E-state index contributed by atoms with van der Waals surface area (Å²) in [7, 11) is 4.19. The fourth-order valence-electron chi connectivity index (χ4n) is 1.92. The third-order valence-electron chi connectivity index (χ3n) is 2.97. The predicted octanol–water partition coefficient (Wildman–Crippen LogP) is 1.04. The van der Waals surface area contributed by atoms with Gasteiger partial charge in [-0.3, -0.25) is 5.32 Å². The number of alkyl carbamates (subject to hydrolysis) is 1. The molecular weight excluding hydrogens is 238 g/mol. The largest absolute Gasteiger partial charge is 0.450 e. The predicted molar refractivity (Wildman–Crippen MR) is 71.0 cm³/mol. The molecule has 17 heavy (non-hydrogen) atoms. The SMILES string of the molecule is CCOC(=O)NC(=S)N1CCC(N(C)C)CC1. The van der Waals surface area contributed by atoms with Gasteiger partial charge < -0.3 is 14.5 Å². The van der Waals surface area contributed by atoms with Gasteiger partial charge in [0.2, 0.25) is 0 Å². The highest BCUT2D eigenvalue weighted by molar-refractivity contribution is 7.80. The zero-order valence-corrected chi connectivity index (χ0v) is 11.5. The molecule has 0 radical (unpaired) electrons. The van der Waals surface area contributed by atoms with Crippen LogP contribution in [0, 0.1) is 0 Å². The maximum atomic E-state index is 11.2. The summed E-state index contributed by atoms with van der Waals surface area (Å²) in [6, 6.07) is 0.608. The Labute approximate surface area is 108 Å². The maximum Gasteiger partial charge on any atom is 0.413 e. The Bertz CT molecular complexity index is 276. The van der Waals surface area contributed by atoms with Crippen LogP contribution in [0.3, 0.4) is 0 Å². The van der Waals surface area contributed by atoms with Gasteiger partial charge in [0, 0.05) is 19.1 Å². The molecule has 1 aliphatic heterocycles. The number of likely N-dealkylation sites (tertiary alicyclic amines) is 1. The Morgan fingerprint density at radius 1 is 1.47 bits per heavy atom. The molecule has 1 saturated heterocycles. The highest BCUT2D eigenvalue weighted by Crippen LogP contribution is 2.14. The van der Waals surface area contributed by atoms with E-state index in [9.17, 15) is 4.79 Å². The lowest BCUT2D eigenvalue weighted by molar-refractivity contribution is 0.154. The first-order valence-electron chi connectivity index (χ1n) is 5.93. The summed E-state index contributed by atoms with van der Waals surface area (Å²) in [5, 5.41) is 3.05. The van der Waals surface area contributed by atoms with Gasteiger partial charge in [0.15, 0.2) is 5.11 Å². The molecule has 1 heterocycles. The van der Waals surface area contributed by atoms with Crippen LogP contribution in [0.4, 0.5) is 4.79 Å². The van der Waals surface area contributed by atoms with Gasteiger partial charge in [0.1, 0.15) is 0 Å². The van der Waals surface area contributed by atoms with Crippen LogP contribution in [-0.4, -0.2) is 60.8 Å². The van der Waals surface area contributed by atoms with E-state index in [1.807, 2.05) is 4.90 Å². The average molecular weight is 259 g/mol. The van der Waals surface area contributed by atoms with Crippen molar-refractivity contribution in [1.82, 2.24) is 15.1 Å². The number of hydrogen-bond acceptors (Lipinski definition) is 4. The van der Waals surface area contributed by atoms with E-state index >= 15 is 0 Å². The summed E-state index contributed by atoms with van der Waals surface area (Å²) in [6.07, 6.45) is 1.67. The molecular formula is C11H21N3O2S. The summed E-state index contributed by atoms with van der Waals surface area (Å²) >= 11 is 5.17. The van der Waals surface area contributed by atoms with E-state index in [2.05, 4.69) is 24.3 Å².